The lowest BCUT2D eigenvalue weighted by molar-refractivity contribution is -0.138. The molecule has 2 amide bonds. The molecule has 0 aromatic heterocycles. The lowest BCUT2D eigenvalue weighted by Gasteiger charge is -2.16. The van der Waals surface area contributed by atoms with Crippen LogP contribution in [0.15, 0.2) is 48.2 Å². The Balaban J connectivity index is 1.52. The minimum absolute atomic E-state index is 0.115. The van der Waals surface area contributed by atoms with Crippen molar-refractivity contribution in [3.05, 3.63) is 64.9 Å². The maximum atomic E-state index is 13.7. The van der Waals surface area contributed by atoms with Gasteiger partial charge in [-0.25, -0.2) is 4.79 Å². The average Bonchev–Trinajstić information content (AvgIpc) is 3.29. The number of nitrogens with one attached hydrogen (secondary N) is 1. The summed E-state index contributed by atoms with van der Waals surface area (Å²) in [6.45, 7) is 2.47. The van der Waals surface area contributed by atoms with Gasteiger partial charge in [-0.2, -0.15) is 13.2 Å². The molecule has 2 aromatic rings. The number of carbonyl (C=O) groups excluding carboxylic acids is 2. The van der Waals surface area contributed by atoms with Gasteiger partial charge in [0.05, 0.1) is 16.5 Å². The third kappa shape index (κ3) is 5.36. The molecule has 2 aliphatic heterocycles. The zero-order valence-corrected chi connectivity index (χ0v) is 19.5. The van der Waals surface area contributed by atoms with Crippen LogP contribution in [0, 0.1) is 0 Å². The van der Waals surface area contributed by atoms with Crippen molar-refractivity contribution in [1.29, 1.82) is 0 Å². The molecule has 0 spiro atoms. The molecule has 34 heavy (non-hydrogen) atoms. The van der Waals surface area contributed by atoms with Crippen molar-refractivity contribution >= 4 is 46.4 Å². The van der Waals surface area contributed by atoms with Gasteiger partial charge in [0.15, 0.2) is 0 Å². The Bertz CT molecular complexity index is 1170. The number of alkyl halides is 3. The highest BCUT2D eigenvalue weighted by atomic mass is 32.2. The van der Waals surface area contributed by atoms with Gasteiger partial charge in [0.25, 0.3) is 0 Å². The van der Waals surface area contributed by atoms with E-state index in [1.807, 2.05) is 6.92 Å². The van der Waals surface area contributed by atoms with Crippen LogP contribution in [0.3, 0.4) is 0 Å². The molecule has 11 heteroatoms. The predicted octanol–water partition coefficient (Wildman–Crippen LogP) is 5.37. The van der Waals surface area contributed by atoms with E-state index in [1.54, 1.807) is 30.3 Å². The number of thiocarbonyl (C=S) groups is 1. The van der Waals surface area contributed by atoms with Gasteiger partial charge in [-0.3, -0.25) is 9.69 Å². The highest BCUT2D eigenvalue weighted by Gasteiger charge is 2.36. The van der Waals surface area contributed by atoms with Gasteiger partial charge in [-0.1, -0.05) is 42.2 Å². The van der Waals surface area contributed by atoms with Gasteiger partial charge in [-0.15, -0.1) is 0 Å². The number of benzene rings is 2. The standard InChI is InChI=1S/C23H19F3N2O4S2/c1-2-28-15(12-31-22(28)30)9-13-3-6-16(7-4-13)32-18-8-5-14(10-17(18)23(24,25)26)11-19-20(29)27-21(33)34-19/h3-10,19H,2,11-12H2,1H3,(H,27,29,33)/b15-9-. The van der Waals surface area contributed by atoms with Crippen molar-refractivity contribution in [2.45, 2.75) is 24.8 Å². The molecule has 0 bridgehead atoms. The van der Waals surface area contributed by atoms with Crippen LogP contribution in [0.25, 0.3) is 6.08 Å². The minimum atomic E-state index is -4.64. The van der Waals surface area contributed by atoms with E-state index in [0.29, 0.717) is 22.1 Å². The maximum absolute atomic E-state index is 13.7. The number of hydrogen-bond donors (Lipinski definition) is 1. The summed E-state index contributed by atoms with van der Waals surface area (Å²) in [5.74, 6) is -0.426. The molecule has 2 aromatic carbocycles. The van der Waals surface area contributed by atoms with Gasteiger partial charge in [0, 0.05) is 6.54 Å². The zero-order valence-electron chi connectivity index (χ0n) is 17.8. The van der Waals surface area contributed by atoms with Crippen LogP contribution >= 0.6 is 24.0 Å². The Kier molecular flexibility index (Phi) is 6.85. The first-order valence-electron chi connectivity index (χ1n) is 10.3. The number of hydrogen-bond acceptors (Lipinski definition) is 6. The molecule has 0 aliphatic carbocycles. The van der Waals surface area contributed by atoms with Gasteiger partial charge >= 0.3 is 12.3 Å². The lowest BCUT2D eigenvalue weighted by Crippen LogP contribution is -2.25. The molecule has 1 atom stereocenters. The van der Waals surface area contributed by atoms with Crippen LogP contribution in [-0.4, -0.2) is 39.6 Å². The summed E-state index contributed by atoms with van der Waals surface area (Å²) in [6.07, 6.45) is -3.16. The smallest absolute Gasteiger partial charge is 0.419 e. The van der Waals surface area contributed by atoms with Gasteiger partial charge in [0.2, 0.25) is 5.91 Å². The van der Waals surface area contributed by atoms with E-state index < -0.39 is 23.1 Å². The first-order chi connectivity index (χ1) is 16.1. The molecule has 6 nitrogen and oxygen atoms in total. The third-order valence-corrected chi connectivity index (χ3v) is 6.58. The number of halogens is 3. The fraction of sp³-hybridized carbons (Fsp3) is 0.261. The second-order valence-corrected chi connectivity index (χ2v) is 9.40. The number of cyclic esters (lactones) is 1. The molecule has 2 aliphatic rings. The highest BCUT2D eigenvalue weighted by molar-refractivity contribution is 8.24. The summed E-state index contributed by atoms with van der Waals surface area (Å²) in [5.41, 5.74) is 0.872. The molecule has 4 rings (SSSR count). The normalized spacial score (nSPS) is 19.5. The number of likely N-dealkylation sites (N-methyl/N-ethyl adjacent to an activating group) is 1. The Morgan fingerprint density at radius 1 is 1.24 bits per heavy atom. The summed E-state index contributed by atoms with van der Waals surface area (Å²) in [6, 6.07) is 10.2. The first kappa shape index (κ1) is 24.1. The largest absolute Gasteiger partial charge is 0.457 e. The van der Waals surface area contributed by atoms with Crippen LogP contribution in [0.1, 0.15) is 23.6 Å². The summed E-state index contributed by atoms with van der Waals surface area (Å²) < 4.78 is 52.1. The first-order valence-corrected chi connectivity index (χ1v) is 11.6. The van der Waals surface area contributed by atoms with Crippen LogP contribution < -0.4 is 10.1 Å². The molecule has 0 radical (unpaired) electrons. The monoisotopic (exact) mass is 508 g/mol. The SMILES string of the molecule is CCN1C(=O)OC/C1=C/c1ccc(Oc2ccc(CC3SC(=S)NC3=O)cc2C(F)(F)F)cc1. The molecule has 2 fully saturated rings. The number of amides is 2. The lowest BCUT2D eigenvalue weighted by atomic mass is 10.0. The molecule has 2 saturated heterocycles. The van der Waals surface area contributed by atoms with Crippen LogP contribution in [0.2, 0.25) is 0 Å². The van der Waals surface area contributed by atoms with E-state index in [9.17, 15) is 22.8 Å². The average molecular weight is 509 g/mol. The molecule has 1 unspecified atom stereocenters. The topological polar surface area (TPSA) is 67.9 Å². The third-order valence-electron chi connectivity index (χ3n) is 5.21. The minimum Gasteiger partial charge on any atom is -0.457 e. The number of thioether (sulfide) groups is 1. The Morgan fingerprint density at radius 3 is 2.59 bits per heavy atom. The maximum Gasteiger partial charge on any atom is 0.419 e. The Labute approximate surface area is 203 Å². The molecule has 2 heterocycles. The van der Waals surface area contributed by atoms with Crippen molar-refractivity contribution in [2.75, 3.05) is 13.2 Å². The molecule has 0 saturated carbocycles. The van der Waals surface area contributed by atoms with Crippen LogP contribution in [0.4, 0.5) is 18.0 Å². The van der Waals surface area contributed by atoms with Crippen LogP contribution in [0.5, 0.6) is 11.5 Å². The van der Waals surface area contributed by atoms with E-state index in [1.165, 1.54) is 17.0 Å². The molecule has 178 valence electrons. The van der Waals surface area contributed by atoms with Crippen molar-refractivity contribution in [3.8, 4) is 11.5 Å². The highest BCUT2D eigenvalue weighted by Crippen LogP contribution is 2.39. The van der Waals surface area contributed by atoms with E-state index in [4.69, 9.17) is 21.7 Å². The van der Waals surface area contributed by atoms with Crippen molar-refractivity contribution in [3.63, 3.8) is 0 Å². The summed E-state index contributed by atoms with van der Waals surface area (Å²) in [4.78, 5) is 25.0. The van der Waals surface area contributed by atoms with E-state index >= 15 is 0 Å². The number of rotatable bonds is 6. The van der Waals surface area contributed by atoms with Crippen molar-refractivity contribution in [2.24, 2.45) is 0 Å². The van der Waals surface area contributed by atoms with Crippen molar-refractivity contribution < 1.29 is 32.2 Å². The summed E-state index contributed by atoms with van der Waals surface area (Å²) in [5, 5.41) is 1.93. The quantitative estimate of drug-likeness (QED) is 0.530. The number of ether oxygens (including phenoxy) is 2. The van der Waals surface area contributed by atoms with Gasteiger partial charge in [-0.05, 0) is 54.8 Å². The number of carbonyl (C=O) groups is 2. The predicted molar refractivity (Wildman–Crippen MR) is 125 cm³/mol. The molecular formula is C23H19F3N2O4S2. The Morgan fingerprint density at radius 2 is 1.97 bits per heavy atom. The second kappa shape index (κ2) is 9.67. The fourth-order valence-electron chi connectivity index (χ4n) is 3.57. The van der Waals surface area contributed by atoms with E-state index in [0.717, 1.165) is 23.4 Å². The fourth-order valence-corrected chi connectivity index (χ4v) is 4.88. The summed E-state index contributed by atoms with van der Waals surface area (Å²) >= 11 is 6.06. The van der Waals surface area contributed by atoms with Gasteiger partial charge < -0.3 is 14.8 Å². The molecular weight excluding hydrogens is 489 g/mol. The molecule has 1 N–H and O–H groups in total. The number of nitrogens with zero attached hydrogens (tertiary/aromatic N) is 1. The van der Waals surface area contributed by atoms with Gasteiger partial charge in [0.1, 0.15) is 22.4 Å². The summed E-state index contributed by atoms with van der Waals surface area (Å²) in [7, 11) is 0. The second-order valence-electron chi connectivity index (χ2n) is 7.52. The zero-order chi connectivity index (χ0) is 24.5. The van der Waals surface area contributed by atoms with E-state index in [2.05, 4.69) is 5.32 Å². The Hall–Kier alpha value is -3.05. The van der Waals surface area contributed by atoms with Crippen LogP contribution in [-0.2, 0) is 22.1 Å². The van der Waals surface area contributed by atoms with E-state index in [-0.39, 0.29) is 30.4 Å². The van der Waals surface area contributed by atoms with Crippen molar-refractivity contribution in [1.82, 2.24) is 10.2 Å².